The van der Waals surface area contributed by atoms with Gasteiger partial charge in [-0.1, -0.05) is 6.07 Å². The first kappa shape index (κ1) is 11.3. The maximum atomic E-state index is 5.72. The second-order valence-corrected chi connectivity index (χ2v) is 3.53. The molecule has 1 aromatic carbocycles. The molecule has 0 aliphatic rings. The van der Waals surface area contributed by atoms with Gasteiger partial charge in [0.1, 0.15) is 0 Å². The van der Waals surface area contributed by atoms with Crippen LogP contribution in [0.1, 0.15) is 6.92 Å². The molecule has 1 aromatic heterocycles. The fourth-order valence-corrected chi connectivity index (χ4v) is 1.51. The molecule has 0 amide bonds. The highest BCUT2D eigenvalue weighted by Crippen LogP contribution is 2.25. The molecule has 0 saturated heterocycles. The summed E-state index contributed by atoms with van der Waals surface area (Å²) in [6, 6.07) is 11.2. The van der Waals surface area contributed by atoms with Gasteiger partial charge < -0.3 is 15.8 Å². The Hall–Kier alpha value is -2.23. The molecule has 2 rings (SSSR count). The quantitative estimate of drug-likeness (QED) is 0.791. The lowest BCUT2D eigenvalue weighted by molar-refractivity contribution is 0.341. The van der Waals surface area contributed by atoms with E-state index in [0.29, 0.717) is 18.1 Å². The zero-order valence-corrected chi connectivity index (χ0v) is 9.68. The van der Waals surface area contributed by atoms with Gasteiger partial charge in [-0.25, -0.2) is 4.98 Å². The highest BCUT2D eigenvalue weighted by atomic mass is 16.5. The molecule has 0 radical (unpaired) electrons. The van der Waals surface area contributed by atoms with Gasteiger partial charge in [0, 0.05) is 17.6 Å². The van der Waals surface area contributed by atoms with Crippen LogP contribution in [0.3, 0.4) is 0 Å². The number of benzene rings is 1. The summed E-state index contributed by atoms with van der Waals surface area (Å²) in [5.41, 5.74) is 7.32. The molecule has 0 aliphatic heterocycles. The van der Waals surface area contributed by atoms with Crippen molar-refractivity contribution in [1.29, 1.82) is 0 Å². The number of hydrogen-bond acceptors (Lipinski definition) is 4. The number of anilines is 3. The number of nitrogens with zero attached hydrogens (tertiary/aromatic N) is 1. The Balaban J connectivity index is 2.23. The van der Waals surface area contributed by atoms with Crippen LogP contribution in [0.15, 0.2) is 42.6 Å². The maximum Gasteiger partial charge on any atom is 0.173 e. The second-order valence-electron chi connectivity index (χ2n) is 3.53. The minimum Gasteiger partial charge on any atom is -0.490 e. The molecule has 0 fully saturated rings. The molecule has 0 unspecified atom stereocenters. The molecule has 88 valence electrons. The van der Waals surface area contributed by atoms with Crippen LogP contribution in [0.25, 0.3) is 0 Å². The Bertz CT molecular complexity index is 500. The van der Waals surface area contributed by atoms with E-state index in [-0.39, 0.29) is 0 Å². The van der Waals surface area contributed by atoms with Crippen LogP contribution in [0.2, 0.25) is 0 Å². The Labute approximate surface area is 100 Å². The molecular formula is C13H15N3O. The van der Waals surface area contributed by atoms with Crippen LogP contribution in [0.4, 0.5) is 17.2 Å². The van der Waals surface area contributed by atoms with Gasteiger partial charge >= 0.3 is 0 Å². The minimum atomic E-state index is 0.608. The first-order chi connectivity index (χ1) is 8.29. The smallest absolute Gasteiger partial charge is 0.173 e. The Kier molecular flexibility index (Phi) is 3.45. The summed E-state index contributed by atoms with van der Waals surface area (Å²) >= 11 is 0. The van der Waals surface area contributed by atoms with E-state index < -0.39 is 0 Å². The summed E-state index contributed by atoms with van der Waals surface area (Å²) in [6.07, 6.45) is 1.72. The standard InChI is InChI=1S/C13H15N3O/c1-2-17-12-7-4-8-15-13(12)16-11-6-3-5-10(14)9-11/h3-9H,2,14H2,1H3,(H,15,16). The summed E-state index contributed by atoms with van der Waals surface area (Å²) in [5.74, 6) is 1.43. The number of nitrogens with two attached hydrogens (primary N) is 1. The first-order valence-electron chi connectivity index (χ1n) is 5.50. The van der Waals surface area contributed by atoms with E-state index in [1.165, 1.54) is 0 Å². The van der Waals surface area contributed by atoms with Crippen LogP contribution in [-0.2, 0) is 0 Å². The summed E-state index contributed by atoms with van der Waals surface area (Å²) in [4.78, 5) is 4.25. The van der Waals surface area contributed by atoms with Crippen LogP contribution in [-0.4, -0.2) is 11.6 Å². The summed E-state index contributed by atoms with van der Waals surface area (Å²) in [6.45, 7) is 2.55. The number of ether oxygens (including phenoxy) is 1. The maximum absolute atomic E-state index is 5.72. The van der Waals surface area contributed by atoms with Crippen molar-refractivity contribution in [2.24, 2.45) is 0 Å². The second kappa shape index (κ2) is 5.21. The van der Waals surface area contributed by atoms with E-state index in [9.17, 15) is 0 Å². The van der Waals surface area contributed by atoms with Gasteiger partial charge in [0.2, 0.25) is 0 Å². The lowest BCUT2D eigenvalue weighted by Gasteiger charge is -2.11. The van der Waals surface area contributed by atoms with Crippen molar-refractivity contribution in [3.8, 4) is 5.75 Å². The van der Waals surface area contributed by atoms with E-state index in [1.807, 2.05) is 43.3 Å². The highest BCUT2D eigenvalue weighted by Gasteiger charge is 2.04. The molecule has 3 N–H and O–H groups in total. The molecular weight excluding hydrogens is 214 g/mol. The van der Waals surface area contributed by atoms with Crippen LogP contribution in [0.5, 0.6) is 5.75 Å². The third kappa shape index (κ3) is 2.87. The fraction of sp³-hybridized carbons (Fsp3) is 0.154. The van der Waals surface area contributed by atoms with Gasteiger partial charge in [-0.05, 0) is 37.3 Å². The lowest BCUT2D eigenvalue weighted by atomic mass is 10.3. The number of pyridine rings is 1. The number of rotatable bonds is 4. The summed E-state index contributed by atoms with van der Waals surface area (Å²) in [7, 11) is 0. The predicted molar refractivity (Wildman–Crippen MR) is 69.5 cm³/mol. The van der Waals surface area contributed by atoms with Crippen molar-refractivity contribution in [1.82, 2.24) is 4.98 Å². The third-order valence-electron chi connectivity index (χ3n) is 2.22. The average Bonchev–Trinajstić information content (AvgIpc) is 2.32. The lowest BCUT2D eigenvalue weighted by Crippen LogP contribution is -2.00. The van der Waals surface area contributed by atoms with E-state index in [0.717, 1.165) is 11.4 Å². The third-order valence-corrected chi connectivity index (χ3v) is 2.22. The Morgan fingerprint density at radius 2 is 2.18 bits per heavy atom. The van der Waals surface area contributed by atoms with Crippen molar-refractivity contribution in [3.05, 3.63) is 42.6 Å². The highest BCUT2D eigenvalue weighted by molar-refractivity contribution is 5.65. The van der Waals surface area contributed by atoms with Gasteiger partial charge in [-0.2, -0.15) is 0 Å². The molecule has 4 nitrogen and oxygen atoms in total. The minimum absolute atomic E-state index is 0.608. The molecule has 1 heterocycles. The summed E-state index contributed by atoms with van der Waals surface area (Å²) in [5, 5.41) is 3.18. The van der Waals surface area contributed by atoms with E-state index in [2.05, 4.69) is 10.3 Å². The van der Waals surface area contributed by atoms with E-state index in [1.54, 1.807) is 6.20 Å². The van der Waals surface area contributed by atoms with Gasteiger partial charge in [-0.3, -0.25) is 0 Å². The summed E-state index contributed by atoms with van der Waals surface area (Å²) < 4.78 is 5.48. The molecule has 2 aromatic rings. The molecule has 0 bridgehead atoms. The molecule has 0 atom stereocenters. The van der Waals surface area contributed by atoms with Crippen molar-refractivity contribution < 1.29 is 4.74 Å². The number of nitrogen functional groups attached to an aromatic ring is 1. The molecule has 0 saturated carbocycles. The predicted octanol–water partition coefficient (Wildman–Crippen LogP) is 2.81. The monoisotopic (exact) mass is 229 g/mol. The molecule has 0 aliphatic carbocycles. The van der Waals surface area contributed by atoms with Gasteiger partial charge in [-0.15, -0.1) is 0 Å². The van der Waals surface area contributed by atoms with Crippen LogP contribution < -0.4 is 15.8 Å². The van der Waals surface area contributed by atoms with Crippen molar-refractivity contribution >= 4 is 17.2 Å². The van der Waals surface area contributed by atoms with Gasteiger partial charge in [0.25, 0.3) is 0 Å². The number of hydrogen-bond donors (Lipinski definition) is 2. The van der Waals surface area contributed by atoms with Crippen molar-refractivity contribution in [3.63, 3.8) is 0 Å². The SMILES string of the molecule is CCOc1cccnc1Nc1cccc(N)c1. The van der Waals surface area contributed by atoms with E-state index in [4.69, 9.17) is 10.5 Å². The number of nitrogens with one attached hydrogen (secondary N) is 1. The molecule has 17 heavy (non-hydrogen) atoms. The average molecular weight is 229 g/mol. The zero-order valence-electron chi connectivity index (χ0n) is 9.68. The molecule has 0 spiro atoms. The Morgan fingerprint density at radius 1 is 1.29 bits per heavy atom. The fourth-order valence-electron chi connectivity index (χ4n) is 1.51. The Morgan fingerprint density at radius 3 is 2.94 bits per heavy atom. The largest absolute Gasteiger partial charge is 0.490 e. The van der Waals surface area contributed by atoms with Gasteiger partial charge in [0.05, 0.1) is 6.61 Å². The zero-order chi connectivity index (χ0) is 12.1. The van der Waals surface area contributed by atoms with Crippen molar-refractivity contribution in [2.45, 2.75) is 6.92 Å². The first-order valence-corrected chi connectivity index (χ1v) is 5.50. The number of aromatic nitrogens is 1. The van der Waals surface area contributed by atoms with Gasteiger partial charge in [0.15, 0.2) is 11.6 Å². The normalized spacial score (nSPS) is 9.94. The van der Waals surface area contributed by atoms with Crippen LogP contribution in [0, 0.1) is 0 Å². The topological polar surface area (TPSA) is 60.2 Å². The molecule has 4 heteroatoms. The van der Waals surface area contributed by atoms with Crippen molar-refractivity contribution in [2.75, 3.05) is 17.7 Å². The van der Waals surface area contributed by atoms with E-state index >= 15 is 0 Å². The van der Waals surface area contributed by atoms with Crippen LogP contribution >= 0.6 is 0 Å².